The number of para-hydroxylation sites is 1. The molecule has 0 radical (unpaired) electrons. The third kappa shape index (κ3) is 4.51. The molecule has 0 saturated carbocycles. The van der Waals surface area contributed by atoms with E-state index < -0.39 is 24.5 Å². The first-order valence-electron chi connectivity index (χ1n) is 7.92. The summed E-state index contributed by atoms with van der Waals surface area (Å²) in [5, 5.41) is 2.64. The standard InChI is InChI=1S/C18H19BrN2O5/c1-4-25-17(23)15-10(2)16(20-11(15)3)18(24)26-9-14(22)21-13-8-6-5-7-12(13)19/h5-8,20H,4,9H2,1-3H3,(H,21,22). The molecule has 0 bridgehead atoms. The van der Waals surface area contributed by atoms with Crippen LogP contribution in [0.4, 0.5) is 5.69 Å². The molecular weight excluding hydrogens is 404 g/mol. The number of aryl methyl sites for hydroxylation is 1. The van der Waals surface area contributed by atoms with Crippen LogP contribution in [0.2, 0.25) is 0 Å². The van der Waals surface area contributed by atoms with Gasteiger partial charge < -0.3 is 19.8 Å². The lowest BCUT2D eigenvalue weighted by atomic mass is 10.1. The summed E-state index contributed by atoms with van der Waals surface area (Å²) in [5.74, 6) is -1.70. The van der Waals surface area contributed by atoms with E-state index >= 15 is 0 Å². The molecule has 7 nitrogen and oxygen atoms in total. The lowest BCUT2D eigenvalue weighted by molar-refractivity contribution is -0.119. The monoisotopic (exact) mass is 422 g/mol. The molecule has 0 aliphatic heterocycles. The van der Waals surface area contributed by atoms with E-state index in [-0.39, 0.29) is 12.3 Å². The van der Waals surface area contributed by atoms with Gasteiger partial charge in [-0.3, -0.25) is 4.79 Å². The molecule has 1 aromatic heterocycles. The molecule has 8 heteroatoms. The Hall–Kier alpha value is -2.61. The molecule has 0 aliphatic rings. The minimum Gasteiger partial charge on any atom is -0.462 e. The van der Waals surface area contributed by atoms with E-state index in [2.05, 4.69) is 26.2 Å². The zero-order chi connectivity index (χ0) is 19.3. The van der Waals surface area contributed by atoms with Gasteiger partial charge >= 0.3 is 11.9 Å². The zero-order valence-electron chi connectivity index (χ0n) is 14.6. The van der Waals surface area contributed by atoms with Crippen LogP contribution in [-0.4, -0.2) is 36.0 Å². The van der Waals surface area contributed by atoms with E-state index in [9.17, 15) is 14.4 Å². The molecule has 1 heterocycles. The van der Waals surface area contributed by atoms with Gasteiger partial charge in [-0.25, -0.2) is 9.59 Å². The Balaban J connectivity index is 2.02. The van der Waals surface area contributed by atoms with Gasteiger partial charge in [-0.1, -0.05) is 12.1 Å². The number of halogens is 1. The van der Waals surface area contributed by atoms with Crippen molar-refractivity contribution in [1.82, 2.24) is 4.98 Å². The molecule has 26 heavy (non-hydrogen) atoms. The van der Waals surface area contributed by atoms with Gasteiger partial charge in [-0.2, -0.15) is 0 Å². The Morgan fingerprint density at radius 2 is 1.81 bits per heavy atom. The Labute approximate surface area is 159 Å². The van der Waals surface area contributed by atoms with Crippen molar-refractivity contribution in [3.8, 4) is 0 Å². The van der Waals surface area contributed by atoms with Crippen molar-refractivity contribution in [2.75, 3.05) is 18.5 Å². The number of hydrogen-bond acceptors (Lipinski definition) is 5. The maximum atomic E-state index is 12.2. The Kier molecular flexibility index (Phi) is 6.57. The van der Waals surface area contributed by atoms with Gasteiger partial charge in [-0.05, 0) is 54.4 Å². The van der Waals surface area contributed by atoms with Crippen LogP contribution in [-0.2, 0) is 14.3 Å². The molecule has 2 N–H and O–H groups in total. The van der Waals surface area contributed by atoms with Crippen molar-refractivity contribution >= 4 is 39.5 Å². The van der Waals surface area contributed by atoms with Crippen LogP contribution in [0.25, 0.3) is 0 Å². The molecule has 0 unspecified atom stereocenters. The first kappa shape index (κ1) is 19.7. The largest absolute Gasteiger partial charge is 0.462 e. The molecule has 0 aliphatic carbocycles. The summed E-state index contributed by atoms with van der Waals surface area (Å²) in [5.41, 5.74) is 1.93. The fourth-order valence-electron chi connectivity index (χ4n) is 2.42. The molecule has 0 atom stereocenters. The Morgan fingerprint density at radius 1 is 1.12 bits per heavy atom. The van der Waals surface area contributed by atoms with Crippen LogP contribution < -0.4 is 5.32 Å². The highest BCUT2D eigenvalue weighted by Gasteiger charge is 2.24. The van der Waals surface area contributed by atoms with Crippen molar-refractivity contribution in [2.24, 2.45) is 0 Å². The van der Waals surface area contributed by atoms with Crippen molar-refractivity contribution in [3.63, 3.8) is 0 Å². The molecule has 2 aromatic rings. The summed E-state index contributed by atoms with van der Waals surface area (Å²) in [7, 11) is 0. The number of hydrogen-bond donors (Lipinski definition) is 2. The third-order valence-corrected chi connectivity index (χ3v) is 4.29. The quantitative estimate of drug-likeness (QED) is 0.695. The first-order valence-corrected chi connectivity index (χ1v) is 8.72. The number of aromatic amines is 1. The number of carbonyl (C=O) groups is 3. The Bertz CT molecular complexity index is 844. The molecule has 138 valence electrons. The second kappa shape index (κ2) is 8.66. The van der Waals surface area contributed by atoms with Gasteiger partial charge in [0, 0.05) is 10.2 Å². The highest BCUT2D eigenvalue weighted by Crippen LogP contribution is 2.22. The number of carbonyl (C=O) groups excluding carboxylic acids is 3. The van der Waals surface area contributed by atoms with Gasteiger partial charge in [0.05, 0.1) is 17.9 Å². The molecule has 1 aromatic carbocycles. The second-order valence-electron chi connectivity index (χ2n) is 5.45. The predicted octanol–water partition coefficient (Wildman–Crippen LogP) is 3.37. The minimum absolute atomic E-state index is 0.124. The zero-order valence-corrected chi connectivity index (χ0v) is 16.2. The third-order valence-electron chi connectivity index (χ3n) is 3.60. The average Bonchev–Trinajstić information content (AvgIpc) is 2.89. The predicted molar refractivity (Wildman–Crippen MR) is 99.3 cm³/mol. The van der Waals surface area contributed by atoms with Crippen molar-refractivity contribution < 1.29 is 23.9 Å². The number of esters is 2. The molecule has 0 fully saturated rings. The maximum absolute atomic E-state index is 12.2. The lowest BCUT2D eigenvalue weighted by Gasteiger charge is -2.08. The van der Waals surface area contributed by atoms with Gasteiger partial charge in [-0.15, -0.1) is 0 Å². The van der Waals surface area contributed by atoms with E-state index in [0.29, 0.717) is 22.5 Å². The van der Waals surface area contributed by atoms with E-state index in [1.165, 1.54) is 0 Å². The van der Waals surface area contributed by atoms with E-state index in [1.807, 2.05) is 6.07 Å². The van der Waals surface area contributed by atoms with Crippen LogP contribution in [0.15, 0.2) is 28.7 Å². The van der Waals surface area contributed by atoms with Crippen LogP contribution in [0.1, 0.15) is 39.0 Å². The highest BCUT2D eigenvalue weighted by molar-refractivity contribution is 9.10. The second-order valence-corrected chi connectivity index (χ2v) is 6.30. The normalized spacial score (nSPS) is 10.3. The topological polar surface area (TPSA) is 97.5 Å². The smallest absolute Gasteiger partial charge is 0.355 e. The number of benzene rings is 1. The minimum atomic E-state index is -0.719. The molecule has 2 rings (SSSR count). The highest BCUT2D eigenvalue weighted by atomic mass is 79.9. The number of amides is 1. The molecular formula is C18H19BrN2O5. The van der Waals surface area contributed by atoms with Gasteiger partial charge in [0.15, 0.2) is 6.61 Å². The number of H-pyrrole nitrogens is 1. The van der Waals surface area contributed by atoms with Crippen LogP contribution in [0, 0.1) is 13.8 Å². The number of aromatic nitrogens is 1. The van der Waals surface area contributed by atoms with Gasteiger partial charge in [0.25, 0.3) is 5.91 Å². The molecule has 0 spiro atoms. The van der Waals surface area contributed by atoms with Crippen molar-refractivity contribution in [2.45, 2.75) is 20.8 Å². The summed E-state index contributed by atoms with van der Waals surface area (Å²) < 4.78 is 10.7. The maximum Gasteiger partial charge on any atom is 0.355 e. The van der Waals surface area contributed by atoms with Crippen LogP contribution >= 0.6 is 15.9 Å². The van der Waals surface area contributed by atoms with Crippen LogP contribution in [0.5, 0.6) is 0 Å². The number of ether oxygens (including phenoxy) is 2. The average molecular weight is 423 g/mol. The Morgan fingerprint density at radius 3 is 2.46 bits per heavy atom. The number of anilines is 1. The van der Waals surface area contributed by atoms with Crippen LogP contribution in [0.3, 0.4) is 0 Å². The number of nitrogens with one attached hydrogen (secondary N) is 2. The molecule has 0 saturated heterocycles. The molecule has 1 amide bonds. The van der Waals surface area contributed by atoms with Crippen molar-refractivity contribution in [3.05, 3.63) is 51.3 Å². The summed E-state index contributed by atoms with van der Waals surface area (Å²) in [4.78, 5) is 39.0. The van der Waals surface area contributed by atoms with E-state index in [4.69, 9.17) is 9.47 Å². The fraction of sp³-hybridized carbons (Fsp3) is 0.278. The summed E-state index contributed by atoms with van der Waals surface area (Å²) in [6, 6.07) is 7.09. The number of rotatable bonds is 6. The fourth-order valence-corrected chi connectivity index (χ4v) is 2.80. The summed E-state index contributed by atoms with van der Waals surface area (Å²) >= 11 is 3.32. The summed E-state index contributed by atoms with van der Waals surface area (Å²) in [6.07, 6.45) is 0. The van der Waals surface area contributed by atoms with Gasteiger partial charge in [0.1, 0.15) is 5.69 Å². The SMILES string of the molecule is CCOC(=O)c1c(C)[nH]c(C(=O)OCC(=O)Nc2ccccc2Br)c1C. The lowest BCUT2D eigenvalue weighted by Crippen LogP contribution is -2.21. The van der Waals surface area contributed by atoms with Gasteiger partial charge in [0.2, 0.25) is 0 Å². The summed E-state index contributed by atoms with van der Waals surface area (Å²) in [6.45, 7) is 4.77. The van der Waals surface area contributed by atoms with Crippen molar-refractivity contribution in [1.29, 1.82) is 0 Å². The van der Waals surface area contributed by atoms with E-state index in [1.54, 1.807) is 39.0 Å². The first-order chi connectivity index (χ1) is 12.3. The van der Waals surface area contributed by atoms with E-state index in [0.717, 1.165) is 4.47 Å².